The van der Waals surface area contributed by atoms with Crippen LogP contribution in [0.1, 0.15) is 29.0 Å². The number of amides is 1. The number of hydrogen-bond acceptors (Lipinski definition) is 3. The average Bonchev–Trinajstić information content (AvgIpc) is 3.44. The lowest BCUT2D eigenvalue weighted by Gasteiger charge is -2.21. The Balaban J connectivity index is 1.38. The number of aromatic amines is 1. The normalized spacial score (nSPS) is 11.1. The van der Waals surface area contributed by atoms with Gasteiger partial charge in [-0.05, 0) is 48.1 Å². The molecule has 0 saturated carbocycles. The van der Waals surface area contributed by atoms with Gasteiger partial charge in [-0.2, -0.15) is 0 Å². The van der Waals surface area contributed by atoms with Gasteiger partial charge in [-0.3, -0.25) is 4.79 Å². The van der Waals surface area contributed by atoms with E-state index in [2.05, 4.69) is 35.4 Å². The number of para-hydroxylation sites is 1. The number of carbonyl (C=O) groups excluding carboxylic acids is 1. The van der Waals surface area contributed by atoms with Crippen LogP contribution in [0.3, 0.4) is 0 Å². The molecular formula is C22H22N2O2S. The first-order chi connectivity index (χ1) is 13.3. The average molecular weight is 378 g/mol. The van der Waals surface area contributed by atoms with Gasteiger partial charge in [-0.15, -0.1) is 11.3 Å². The van der Waals surface area contributed by atoms with E-state index in [1.165, 1.54) is 15.8 Å². The summed E-state index contributed by atoms with van der Waals surface area (Å²) in [5, 5.41) is 3.29. The number of thiophene rings is 1. The van der Waals surface area contributed by atoms with Crippen molar-refractivity contribution in [2.24, 2.45) is 0 Å². The van der Waals surface area contributed by atoms with Gasteiger partial charge in [0.25, 0.3) is 0 Å². The zero-order chi connectivity index (χ0) is 18.5. The van der Waals surface area contributed by atoms with Crippen molar-refractivity contribution in [2.75, 3.05) is 0 Å². The first-order valence-corrected chi connectivity index (χ1v) is 10.0. The lowest BCUT2D eigenvalue weighted by Crippen LogP contribution is -2.29. The van der Waals surface area contributed by atoms with Crippen molar-refractivity contribution in [1.82, 2.24) is 9.88 Å². The third kappa shape index (κ3) is 4.31. The Morgan fingerprint density at radius 3 is 2.81 bits per heavy atom. The van der Waals surface area contributed by atoms with Crippen LogP contribution in [0, 0.1) is 0 Å². The fourth-order valence-electron chi connectivity index (χ4n) is 3.34. The Morgan fingerprint density at radius 1 is 1.07 bits per heavy atom. The predicted octanol–water partition coefficient (Wildman–Crippen LogP) is 5.37. The van der Waals surface area contributed by atoms with E-state index in [0.717, 1.165) is 24.1 Å². The molecule has 0 aliphatic rings. The van der Waals surface area contributed by atoms with Gasteiger partial charge in [-0.25, -0.2) is 0 Å². The Labute approximate surface area is 162 Å². The monoisotopic (exact) mass is 378 g/mol. The third-order valence-electron chi connectivity index (χ3n) is 4.72. The van der Waals surface area contributed by atoms with Crippen molar-refractivity contribution in [1.29, 1.82) is 0 Å². The molecule has 0 unspecified atom stereocenters. The number of carbonyl (C=O) groups is 1. The predicted molar refractivity (Wildman–Crippen MR) is 109 cm³/mol. The summed E-state index contributed by atoms with van der Waals surface area (Å²) in [6.07, 6.45) is 5.97. The number of H-pyrrole nitrogens is 1. The number of nitrogens with one attached hydrogen (secondary N) is 1. The van der Waals surface area contributed by atoms with Crippen LogP contribution in [-0.2, 0) is 24.3 Å². The van der Waals surface area contributed by atoms with Crippen molar-refractivity contribution in [3.8, 4) is 0 Å². The Hall–Kier alpha value is -2.79. The number of nitrogens with zero attached hydrogens (tertiary/aromatic N) is 1. The van der Waals surface area contributed by atoms with Crippen LogP contribution >= 0.6 is 11.3 Å². The fraction of sp³-hybridized carbons (Fsp3) is 0.227. The molecule has 4 rings (SSSR count). The molecule has 0 radical (unpaired) electrons. The fourth-order valence-corrected chi connectivity index (χ4v) is 4.06. The standard InChI is InChI=1S/C22H22N2O2S/c25-22(11-3-6-17-14-23-21-10-2-1-9-20(17)21)24(15-18-7-4-12-26-18)16-19-8-5-13-27-19/h1-2,4-5,7-10,12-14,23H,3,6,11,15-16H2. The number of aromatic nitrogens is 1. The van der Waals surface area contributed by atoms with E-state index < -0.39 is 0 Å². The van der Waals surface area contributed by atoms with E-state index in [4.69, 9.17) is 4.42 Å². The molecule has 4 aromatic rings. The Bertz CT molecular complexity index is 950. The van der Waals surface area contributed by atoms with E-state index >= 15 is 0 Å². The highest BCUT2D eigenvalue weighted by molar-refractivity contribution is 7.09. The van der Waals surface area contributed by atoms with Crippen LogP contribution in [0.5, 0.6) is 0 Å². The van der Waals surface area contributed by atoms with Crippen molar-refractivity contribution < 1.29 is 9.21 Å². The maximum atomic E-state index is 12.9. The summed E-state index contributed by atoms with van der Waals surface area (Å²) in [5.74, 6) is 0.983. The molecule has 1 amide bonds. The van der Waals surface area contributed by atoms with Crippen LogP contribution in [-0.4, -0.2) is 15.8 Å². The van der Waals surface area contributed by atoms with E-state index in [0.29, 0.717) is 19.5 Å². The molecule has 0 saturated heterocycles. The van der Waals surface area contributed by atoms with Crippen molar-refractivity contribution >= 4 is 28.1 Å². The quantitative estimate of drug-likeness (QED) is 0.448. The molecule has 0 aliphatic carbocycles. The molecule has 27 heavy (non-hydrogen) atoms. The molecular weight excluding hydrogens is 356 g/mol. The highest BCUT2D eigenvalue weighted by Gasteiger charge is 2.16. The van der Waals surface area contributed by atoms with Crippen LogP contribution in [0.15, 0.2) is 70.8 Å². The van der Waals surface area contributed by atoms with Gasteiger partial charge < -0.3 is 14.3 Å². The summed E-state index contributed by atoms with van der Waals surface area (Å²) in [6.45, 7) is 1.14. The minimum atomic E-state index is 0.166. The Kier molecular flexibility index (Phi) is 5.39. The minimum Gasteiger partial charge on any atom is -0.467 e. The summed E-state index contributed by atoms with van der Waals surface area (Å²) in [4.78, 5) is 19.2. The number of fused-ring (bicyclic) bond motifs is 1. The molecule has 1 aromatic carbocycles. The molecule has 138 valence electrons. The first-order valence-electron chi connectivity index (χ1n) is 9.17. The molecule has 0 aliphatic heterocycles. The summed E-state index contributed by atoms with van der Waals surface area (Å²) in [6, 6.07) is 16.2. The van der Waals surface area contributed by atoms with Crippen LogP contribution in [0.4, 0.5) is 0 Å². The molecule has 4 nitrogen and oxygen atoms in total. The zero-order valence-corrected chi connectivity index (χ0v) is 15.9. The number of benzene rings is 1. The molecule has 1 N–H and O–H groups in total. The Morgan fingerprint density at radius 2 is 2.00 bits per heavy atom. The number of rotatable bonds is 8. The first kappa shape index (κ1) is 17.6. The van der Waals surface area contributed by atoms with Crippen LogP contribution in [0.25, 0.3) is 10.9 Å². The molecule has 3 heterocycles. The van der Waals surface area contributed by atoms with Gasteiger partial charge in [0.2, 0.25) is 5.91 Å². The van der Waals surface area contributed by atoms with Gasteiger partial charge in [0.1, 0.15) is 5.76 Å². The highest BCUT2D eigenvalue weighted by Crippen LogP contribution is 2.21. The van der Waals surface area contributed by atoms with Crippen LogP contribution in [0.2, 0.25) is 0 Å². The van der Waals surface area contributed by atoms with Gasteiger partial charge in [0.15, 0.2) is 0 Å². The SMILES string of the molecule is O=C(CCCc1c[nH]c2ccccc12)N(Cc1ccco1)Cc1cccs1. The summed E-state index contributed by atoms with van der Waals surface area (Å²) < 4.78 is 5.45. The largest absolute Gasteiger partial charge is 0.467 e. The van der Waals surface area contributed by atoms with E-state index in [1.54, 1.807) is 17.6 Å². The number of furan rings is 1. The molecule has 0 bridgehead atoms. The lowest BCUT2D eigenvalue weighted by molar-refractivity contribution is -0.132. The number of hydrogen-bond donors (Lipinski definition) is 1. The molecule has 5 heteroatoms. The zero-order valence-electron chi connectivity index (χ0n) is 15.1. The summed E-state index contributed by atoms with van der Waals surface area (Å²) in [5.41, 5.74) is 2.42. The second-order valence-corrected chi connectivity index (χ2v) is 7.65. The van der Waals surface area contributed by atoms with Gasteiger partial charge in [0, 0.05) is 28.4 Å². The summed E-state index contributed by atoms with van der Waals surface area (Å²) >= 11 is 1.68. The molecule has 3 aromatic heterocycles. The molecule has 0 spiro atoms. The van der Waals surface area contributed by atoms with E-state index in [1.807, 2.05) is 34.5 Å². The van der Waals surface area contributed by atoms with Gasteiger partial charge in [0.05, 0.1) is 19.4 Å². The topological polar surface area (TPSA) is 49.2 Å². The summed E-state index contributed by atoms with van der Waals surface area (Å²) in [7, 11) is 0. The lowest BCUT2D eigenvalue weighted by atomic mass is 10.1. The second-order valence-electron chi connectivity index (χ2n) is 6.62. The van der Waals surface area contributed by atoms with Crippen molar-refractivity contribution in [3.05, 3.63) is 82.6 Å². The van der Waals surface area contributed by atoms with Gasteiger partial charge >= 0.3 is 0 Å². The second kappa shape index (κ2) is 8.27. The smallest absolute Gasteiger partial charge is 0.223 e. The highest BCUT2D eigenvalue weighted by atomic mass is 32.1. The molecule has 0 fully saturated rings. The van der Waals surface area contributed by atoms with Crippen molar-refractivity contribution in [2.45, 2.75) is 32.4 Å². The van der Waals surface area contributed by atoms with E-state index in [-0.39, 0.29) is 5.91 Å². The van der Waals surface area contributed by atoms with Crippen molar-refractivity contribution in [3.63, 3.8) is 0 Å². The van der Waals surface area contributed by atoms with Crippen LogP contribution < -0.4 is 0 Å². The van der Waals surface area contributed by atoms with Gasteiger partial charge in [-0.1, -0.05) is 24.3 Å². The molecule has 0 atom stereocenters. The third-order valence-corrected chi connectivity index (χ3v) is 5.58. The number of aryl methyl sites for hydroxylation is 1. The minimum absolute atomic E-state index is 0.166. The maximum absolute atomic E-state index is 12.9. The maximum Gasteiger partial charge on any atom is 0.223 e. The van der Waals surface area contributed by atoms with E-state index in [9.17, 15) is 4.79 Å².